The van der Waals surface area contributed by atoms with Gasteiger partial charge in [0.25, 0.3) is 0 Å². The Hall–Kier alpha value is -2.07. The topological polar surface area (TPSA) is 34.6 Å². The third-order valence-corrected chi connectivity index (χ3v) is 4.57. The number of nitrogens with zero attached hydrogens (tertiary/aromatic N) is 2. The number of fused-ring (bicyclic) bond motifs is 1. The monoisotopic (exact) mass is 296 g/mol. The summed E-state index contributed by atoms with van der Waals surface area (Å²) in [4.78, 5) is 6.92. The van der Waals surface area contributed by atoms with E-state index in [1.54, 1.807) is 7.11 Å². The molecule has 0 atom stereocenters. The third-order valence-electron chi connectivity index (χ3n) is 4.57. The van der Waals surface area contributed by atoms with Gasteiger partial charge < -0.3 is 9.47 Å². The Kier molecular flexibility index (Phi) is 3.26. The smallest absolute Gasteiger partial charge is 0.213 e. The lowest BCUT2D eigenvalue weighted by Crippen LogP contribution is -2.60. The first kappa shape index (κ1) is 13.6. The Morgan fingerprint density at radius 3 is 2.91 bits per heavy atom. The summed E-state index contributed by atoms with van der Waals surface area (Å²) < 4.78 is 11.1. The second-order valence-electron chi connectivity index (χ2n) is 6.39. The van der Waals surface area contributed by atoms with E-state index in [-0.39, 0.29) is 5.41 Å². The molecule has 4 heteroatoms. The molecule has 1 aromatic carbocycles. The van der Waals surface area contributed by atoms with E-state index in [1.807, 2.05) is 18.2 Å². The summed E-state index contributed by atoms with van der Waals surface area (Å²) in [5, 5.41) is 0. The van der Waals surface area contributed by atoms with Gasteiger partial charge in [-0.25, -0.2) is 4.98 Å². The van der Waals surface area contributed by atoms with E-state index in [0.717, 1.165) is 44.1 Å². The first-order valence-corrected chi connectivity index (χ1v) is 7.69. The summed E-state index contributed by atoms with van der Waals surface area (Å²) in [5.41, 5.74) is 2.69. The standard InChI is InChI=1S/C18H20N2O2/c1-21-17-8-4-6-15(19-17)10-20-11-18(12-20)9-14-5-2-3-7-16(14)22-13-18/h2-8H,9-13H2,1H3. The molecule has 0 bridgehead atoms. The van der Waals surface area contributed by atoms with E-state index in [1.165, 1.54) is 5.56 Å². The van der Waals surface area contributed by atoms with Gasteiger partial charge in [-0.15, -0.1) is 0 Å². The number of methoxy groups -OCH3 is 1. The molecule has 0 radical (unpaired) electrons. The van der Waals surface area contributed by atoms with Crippen molar-refractivity contribution in [2.45, 2.75) is 13.0 Å². The van der Waals surface area contributed by atoms with Crippen molar-refractivity contribution >= 4 is 0 Å². The number of likely N-dealkylation sites (tertiary alicyclic amines) is 1. The van der Waals surface area contributed by atoms with Crippen molar-refractivity contribution in [1.82, 2.24) is 9.88 Å². The normalized spacial score (nSPS) is 19.1. The fourth-order valence-corrected chi connectivity index (χ4v) is 3.58. The Morgan fingerprint density at radius 1 is 1.18 bits per heavy atom. The van der Waals surface area contributed by atoms with Crippen molar-refractivity contribution in [2.24, 2.45) is 5.41 Å². The number of para-hydroxylation sites is 1. The molecule has 0 unspecified atom stereocenters. The van der Waals surface area contributed by atoms with Gasteiger partial charge in [0, 0.05) is 31.1 Å². The highest BCUT2D eigenvalue weighted by atomic mass is 16.5. The Labute approximate surface area is 130 Å². The van der Waals surface area contributed by atoms with Gasteiger partial charge >= 0.3 is 0 Å². The lowest BCUT2D eigenvalue weighted by atomic mass is 9.74. The highest BCUT2D eigenvalue weighted by Gasteiger charge is 2.46. The van der Waals surface area contributed by atoms with Gasteiger partial charge in [0.1, 0.15) is 5.75 Å². The van der Waals surface area contributed by atoms with E-state index < -0.39 is 0 Å². The van der Waals surface area contributed by atoms with Crippen molar-refractivity contribution in [2.75, 3.05) is 26.8 Å². The van der Waals surface area contributed by atoms with Crippen LogP contribution in [0.3, 0.4) is 0 Å². The van der Waals surface area contributed by atoms with Gasteiger partial charge in [0.2, 0.25) is 5.88 Å². The van der Waals surface area contributed by atoms with Gasteiger partial charge in [-0.3, -0.25) is 4.90 Å². The minimum absolute atomic E-state index is 0.285. The molecule has 114 valence electrons. The van der Waals surface area contributed by atoms with E-state index in [2.05, 4.69) is 34.1 Å². The zero-order valence-corrected chi connectivity index (χ0v) is 12.8. The number of ether oxygens (including phenoxy) is 2. The fraction of sp³-hybridized carbons (Fsp3) is 0.389. The Morgan fingerprint density at radius 2 is 2.05 bits per heavy atom. The van der Waals surface area contributed by atoms with Crippen LogP contribution in [0.4, 0.5) is 0 Å². The molecule has 1 aromatic heterocycles. The summed E-state index contributed by atoms with van der Waals surface area (Å²) >= 11 is 0. The summed E-state index contributed by atoms with van der Waals surface area (Å²) in [6.07, 6.45) is 1.12. The van der Waals surface area contributed by atoms with Crippen LogP contribution in [-0.4, -0.2) is 36.7 Å². The Balaban J connectivity index is 1.40. The summed E-state index contributed by atoms with van der Waals surface area (Å²) in [7, 11) is 1.65. The first-order valence-electron chi connectivity index (χ1n) is 7.69. The van der Waals surface area contributed by atoms with Crippen LogP contribution >= 0.6 is 0 Å². The summed E-state index contributed by atoms with van der Waals surface area (Å²) in [6.45, 7) is 3.84. The largest absolute Gasteiger partial charge is 0.493 e. The van der Waals surface area contributed by atoms with E-state index in [9.17, 15) is 0 Å². The van der Waals surface area contributed by atoms with E-state index in [0.29, 0.717) is 5.88 Å². The van der Waals surface area contributed by atoms with Gasteiger partial charge in [-0.05, 0) is 24.1 Å². The molecule has 0 N–H and O–H groups in total. The van der Waals surface area contributed by atoms with Crippen LogP contribution in [-0.2, 0) is 13.0 Å². The second kappa shape index (κ2) is 5.29. The summed E-state index contributed by atoms with van der Waals surface area (Å²) in [5.74, 6) is 1.74. The zero-order valence-electron chi connectivity index (χ0n) is 12.8. The summed E-state index contributed by atoms with van der Waals surface area (Å²) in [6, 6.07) is 14.3. The van der Waals surface area contributed by atoms with Crippen molar-refractivity contribution in [3.8, 4) is 11.6 Å². The van der Waals surface area contributed by atoms with Crippen molar-refractivity contribution < 1.29 is 9.47 Å². The van der Waals surface area contributed by atoms with Crippen LogP contribution in [0.25, 0.3) is 0 Å². The molecule has 1 spiro atoms. The SMILES string of the molecule is COc1cccc(CN2CC3(COc4ccccc4C3)C2)n1. The number of pyridine rings is 1. The van der Waals surface area contributed by atoms with Crippen LogP contribution in [0.15, 0.2) is 42.5 Å². The molecule has 1 saturated heterocycles. The average molecular weight is 296 g/mol. The molecule has 2 aliphatic heterocycles. The number of aromatic nitrogens is 1. The lowest BCUT2D eigenvalue weighted by Gasteiger charge is -2.52. The highest BCUT2D eigenvalue weighted by Crippen LogP contribution is 2.41. The van der Waals surface area contributed by atoms with Crippen LogP contribution in [0, 0.1) is 5.41 Å². The molecule has 0 aliphatic carbocycles. The van der Waals surface area contributed by atoms with Crippen molar-refractivity contribution in [1.29, 1.82) is 0 Å². The van der Waals surface area contributed by atoms with Crippen molar-refractivity contribution in [3.05, 3.63) is 53.7 Å². The molecule has 0 amide bonds. The zero-order chi connectivity index (χ0) is 15.0. The Bertz CT molecular complexity index is 680. The molecule has 22 heavy (non-hydrogen) atoms. The highest BCUT2D eigenvalue weighted by molar-refractivity contribution is 5.37. The maximum atomic E-state index is 5.95. The van der Waals surface area contributed by atoms with Crippen molar-refractivity contribution in [3.63, 3.8) is 0 Å². The second-order valence-corrected chi connectivity index (χ2v) is 6.39. The molecule has 3 heterocycles. The number of hydrogen-bond donors (Lipinski definition) is 0. The fourth-order valence-electron chi connectivity index (χ4n) is 3.58. The van der Waals surface area contributed by atoms with Crippen LogP contribution in [0.5, 0.6) is 11.6 Å². The first-order chi connectivity index (χ1) is 10.8. The molecule has 2 aliphatic rings. The van der Waals surface area contributed by atoms with Crippen LogP contribution in [0.2, 0.25) is 0 Å². The minimum Gasteiger partial charge on any atom is -0.493 e. The minimum atomic E-state index is 0.285. The lowest BCUT2D eigenvalue weighted by molar-refractivity contribution is -0.0484. The van der Waals surface area contributed by atoms with E-state index >= 15 is 0 Å². The maximum absolute atomic E-state index is 5.95. The molecule has 4 nitrogen and oxygen atoms in total. The quantitative estimate of drug-likeness (QED) is 0.872. The molecule has 2 aromatic rings. The maximum Gasteiger partial charge on any atom is 0.213 e. The molecule has 4 rings (SSSR count). The van der Waals surface area contributed by atoms with Crippen LogP contribution in [0.1, 0.15) is 11.3 Å². The van der Waals surface area contributed by atoms with Gasteiger partial charge in [0.15, 0.2) is 0 Å². The predicted octanol–water partition coefficient (Wildman–Crippen LogP) is 2.53. The molecular formula is C18H20N2O2. The number of benzene rings is 1. The van der Waals surface area contributed by atoms with Gasteiger partial charge in [0.05, 0.1) is 19.4 Å². The molecule has 0 saturated carbocycles. The van der Waals surface area contributed by atoms with Gasteiger partial charge in [-0.1, -0.05) is 24.3 Å². The third kappa shape index (κ3) is 2.44. The molecular weight excluding hydrogens is 276 g/mol. The molecule has 1 fully saturated rings. The van der Waals surface area contributed by atoms with Gasteiger partial charge in [-0.2, -0.15) is 0 Å². The van der Waals surface area contributed by atoms with Crippen LogP contribution < -0.4 is 9.47 Å². The number of hydrogen-bond acceptors (Lipinski definition) is 4. The predicted molar refractivity (Wildman–Crippen MR) is 84.1 cm³/mol. The average Bonchev–Trinajstić information content (AvgIpc) is 2.53. The number of rotatable bonds is 3. The van der Waals surface area contributed by atoms with E-state index in [4.69, 9.17) is 9.47 Å².